The first kappa shape index (κ1) is 25.9. The van der Waals surface area contributed by atoms with E-state index in [0.29, 0.717) is 28.6 Å². The molecule has 0 radical (unpaired) electrons. The van der Waals surface area contributed by atoms with E-state index >= 15 is 0 Å². The van der Waals surface area contributed by atoms with Crippen molar-refractivity contribution in [2.45, 2.75) is 11.5 Å². The number of nitrogens with zero attached hydrogens (tertiary/aromatic N) is 2. The van der Waals surface area contributed by atoms with Gasteiger partial charge in [-0.25, -0.2) is 13.8 Å². The van der Waals surface area contributed by atoms with Crippen molar-refractivity contribution in [2.24, 2.45) is 5.10 Å². The van der Waals surface area contributed by atoms with Crippen LogP contribution in [0.2, 0.25) is 5.02 Å². The zero-order valence-electron chi connectivity index (χ0n) is 19.7. The van der Waals surface area contributed by atoms with E-state index < -0.39 is 22.5 Å². The molecule has 4 aromatic carbocycles. The Hall–Kier alpha value is -4.14. The monoisotopic (exact) mass is 533 g/mol. The lowest BCUT2D eigenvalue weighted by atomic mass is 10.2. The van der Waals surface area contributed by atoms with E-state index in [9.17, 15) is 13.2 Å². The van der Waals surface area contributed by atoms with Crippen molar-refractivity contribution in [1.82, 2.24) is 5.43 Å². The fourth-order valence-electron chi connectivity index (χ4n) is 3.44. The molecule has 0 saturated carbocycles. The summed E-state index contributed by atoms with van der Waals surface area (Å²) in [5, 5.41) is 4.43. The summed E-state index contributed by atoms with van der Waals surface area (Å²) in [7, 11) is -4.04. The molecule has 1 amide bonds. The van der Waals surface area contributed by atoms with Gasteiger partial charge in [-0.1, -0.05) is 72.3 Å². The van der Waals surface area contributed by atoms with Gasteiger partial charge in [0.05, 0.1) is 16.8 Å². The van der Waals surface area contributed by atoms with Gasteiger partial charge in [-0.05, 0) is 54.1 Å². The fraction of sp³-hybridized carbons (Fsp3) is 0.0714. The van der Waals surface area contributed by atoms with Crippen LogP contribution in [0.5, 0.6) is 5.75 Å². The molecule has 0 bridgehead atoms. The maximum atomic E-state index is 13.4. The van der Waals surface area contributed by atoms with Crippen LogP contribution in [0.4, 0.5) is 5.69 Å². The number of para-hydroxylation sites is 2. The Morgan fingerprint density at radius 3 is 2.19 bits per heavy atom. The van der Waals surface area contributed by atoms with Gasteiger partial charge < -0.3 is 4.74 Å². The molecule has 37 heavy (non-hydrogen) atoms. The highest BCUT2D eigenvalue weighted by molar-refractivity contribution is 7.92. The van der Waals surface area contributed by atoms with E-state index in [-0.39, 0.29) is 4.90 Å². The van der Waals surface area contributed by atoms with Gasteiger partial charge in [0.15, 0.2) is 0 Å². The molecule has 4 aromatic rings. The zero-order valence-corrected chi connectivity index (χ0v) is 21.3. The van der Waals surface area contributed by atoms with Crippen molar-refractivity contribution in [3.05, 3.63) is 125 Å². The van der Waals surface area contributed by atoms with Crippen LogP contribution in [-0.2, 0) is 21.4 Å². The van der Waals surface area contributed by atoms with Crippen LogP contribution >= 0.6 is 11.6 Å². The summed E-state index contributed by atoms with van der Waals surface area (Å²) < 4.78 is 33.6. The number of carbonyl (C=O) groups excluding carboxylic acids is 1. The molecule has 0 saturated heterocycles. The Bertz CT molecular complexity index is 1460. The molecule has 0 heterocycles. The topological polar surface area (TPSA) is 88.1 Å². The second-order valence-electron chi connectivity index (χ2n) is 7.91. The lowest BCUT2D eigenvalue weighted by Gasteiger charge is -2.23. The summed E-state index contributed by atoms with van der Waals surface area (Å²) in [6.07, 6.45) is 1.46. The molecule has 9 heteroatoms. The summed E-state index contributed by atoms with van der Waals surface area (Å²) in [5.74, 6) is -0.0130. The number of benzene rings is 4. The average Bonchev–Trinajstić information content (AvgIpc) is 2.92. The van der Waals surface area contributed by atoms with Crippen LogP contribution in [0.3, 0.4) is 0 Å². The van der Waals surface area contributed by atoms with Gasteiger partial charge in [0.2, 0.25) is 0 Å². The zero-order chi connectivity index (χ0) is 26.1. The van der Waals surface area contributed by atoms with E-state index in [0.717, 1.165) is 9.87 Å². The minimum atomic E-state index is -4.04. The molecule has 0 unspecified atom stereocenters. The standard InChI is InChI=1S/C28H24ClN3O4S/c29-24-15-17-26(18-16-24)37(34,35)32(25-12-5-2-6-13-25)20-28(33)31-30-19-23-11-7-8-14-27(23)36-21-22-9-3-1-4-10-22/h1-19H,20-21H2,(H,31,33)/b30-19-. The Morgan fingerprint density at radius 1 is 0.865 bits per heavy atom. The second-order valence-corrected chi connectivity index (χ2v) is 10.2. The first-order valence-corrected chi connectivity index (χ1v) is 13.2. The Kier molecular flexibility index (Phi) is 8.56. The Balaban J connectivity index is 1.47. The van der Waals surface area contributed by atoms with E-state index in [4.69, 9.17) is 16.3 Å². The van der Waals surface area contributed by atoms with Gasteiger partial charge in [-0.15, -0.1) is 0 Å². The SMILES string of the molecule is O=C(CN(c1ccccc1)S(=O)(=O)c1ccc(Cl)cc1)N/N=C\c1ccccc1OCc1ccccc1. The minimum absolute atomic E-state index is 0.0153. The number of anilines is 1. The van der Waals surface area contributed by atoms with E-state index in [1.165, 1.54) is 30.5 Å². The van der Waals surface area contributed by atoms with Crippen LogP contribution in [0, 0.1) is 0 Å². The average molecular weight is 534 g/mol. The third kappa shape index (κ3) is 6.97. The summed E-state index contributed by atoms with van der Waals surface area (Å²) in [4.78, 5) is 12.8. The van der Waals surface area contributed by atoms with Crippen molar-refractivity contribution >= 4 is 39.4 Å². The number of carbonyl (C=O) groups is 1. The lowest BCUT2D eigenvalue weighted by molar-refractivity contribution is -0.119. The Labute approximate surface area is 221 Å². The van der Waals surface area contributed by atoms with Crippen LogP contribution in [0.15, 0.2) is 119 Å². The maximum Gasteiger partial charge on any atom is 0.264 e. The molecule has 7 nitrogen and oxygen atoms in total. The van der Waals surface area contributed by atoms with Gasteiger partial charge in [-0.2, -0.15) is 5.10 Å². The normalized spacial score (nSPS) is 11.3. The van der Waals surface area contributed by atoms with Crippen molar-refractivity contribution in [2.75, 3.05) is 10.8 Å². The molecule has 4 rings (SSSR count). The number of rotatable bonds is 10. The molecule has 188 valence electrons. The molecular weight excluding hydrogens is 510 g/mol. The molecule has 0 spiro atoms. The number of halogens is 1. The molecule has 1 N–H and O–H groups in total. The van der Waals surface area contributed by atoms with E-state index in [2.05, 4.69) is 10.5 Å². The quantitative estimate of drug-likeness (QED) is 0.222. The second kappa shape index (κ2) is 12.2. The molecule has 0 atom stereocenters. The molecule has 0 aliphatic rings. The van der Waals surface area contributed by atoms with Crippen LogP contribution in [0.25, 0.3) is 0 Å². The molecule has 0 aromatic heterocycles. The van der Waals surface area contributed by atoms with Crippen LogP contribution in [0.1, 0.15) is 11.1 Å². The largest absolute Gasteiger partial charge is 0.488 e. The number of hydrogen-bond acceptors (Lipinski definition) is 5. The summed E-state index contributed by atoms with van der Waals surface area (Å²) in [6, 6.07) is 31.2. The van der Waals surface area contributed by atoms with Gasteiger partial charge in [0, 0.05) is 10.6 Å². The van der Waals surface area contributed by atoms with Crippen LogP contribution < -0.4 is 14.5 Å². The number of hydrogen-bond donors (Lipinski definition) is 1. The van der Waals surface area contributed by atoms with Gasteiger partial charge in [0.1, 0.15) is 18.9 Å². The predicted octanol–water partition coefficient (Wildman–Crippen LogP) is 5.26. The summed E-state index contributed by atoms with van der Waals surface area (Å²) in [5.41, 5.74) is 4.44. The van der Waals surface area contributed by atoms with Gasteiger partial charge >= 0.3 is 0 Å². The minimum Gasteiger partial charge on any atom is -0.488 e. The molecule has 0 aliphatic heterocycles. The van der Waals surface area contributed by atoms with Crippen molar-refractivity contribution in [1.29, 1.82) is 0 Å². The number of ether oxygens (including phenoxy) is 1. The third-order valence-electron chi connectivity index (χ3n) is 5.28. The number of sulfonamides is 1. The first-order valence-electron chi connectivity index (χ1n) is 11.3. The van der Waals surface area contributed by atoms with Crippen LogP contribution in [-0.4, -0.2) is 27.1 Å². The van der Waals surface area contributed by atoms with Gasteiger partial charge in [-0.3, -0.25) is 9.10 Å². The molecule has 0 aliphatic carbocycles. The highest BCUT2D eigenvalue weighted by atomic mass is 35.5. The lowest BCUT2D eigenvalue weighted by Crippen LogP contribution is -2.39. The van der Waals surface area contributed by atoms with Gasteiger partial charge in [0.25, 0.3) is 15.9 Å². The van der Waals surface area contributed by atoms with Crippen molar-refractivity contribution in [3.63, 3.8) is 0 Å². The van der Waals surface area contributed by atoms with E-state index in [1.807, 2.05) is 48.5 Å². The summed E-state index contributed by atoms with van der Waals surface area (Å²) in [6.45, 7) is -0.0922. The third-order valence-corrected chi connectivity index (χ3v) is 7.32. The number of nitrogens with one attached hydrogen (secondary N) is 1. The molecular formula is C28H24ClN3O4S. The highest BCUT2D eigenvalue weighted by Gasteiger charge is 2.27. The predicted molar refractivity (Wildman–Crippen MR) is 145 cm³/mol. The fourth-order valence-corrected chi connectivity index (χ4v) is 4.98. The van der Waals surface area contributed by atoms with Crippen molar-refractivity contribution < 1.29 is 17.9 Å². The number of hydrazone groups is 1. The maximum absolute atomic E-state index is 13.4. The summed E-state index contributed by atoms with van der Waals surface area (Å²) >= 11 is 5.92. The van der Waals surface area contributed by atoms with E-state index in [1.54, 1.807) is 36.4 Å². The highest BCUT2D eigenvalue weighted by Crippen LogP contribution is 2.24. The smallest absolute Gasteiger partial charge is 0.264 e. The Morgan fingerprint density at radius 2 is 1.49 bits per heavy atom. The molecule has 0 fully saturated rings. The first-order chi connectivity index (χ1) is 17.9. The van der Waals surface area contributed by atoms with Crippen molar-refractivity contribution in [3.8, 4) is 5.75 Å². The number of amides is 1.